The number of hydrogen-bond acceptors (Lipinski definition) is 4. The maximum atomic E-state index is 12.2. The molecular formula is C12H18N4O. The van der Waals surface area contributed by atoms with Gasteiger partial charge in [0.05, 0.1) is 0 Å². The molecule has 0 saturated carbocycles. The summed E-state index contributed by atoms with van der Waals surface area (Å²) < 4.78 is 0. The Kier molecular flexibility index (Phi) is 3.28. The summed E-state index contributed by atoms with van der Waals surface area (Å²) in [7, 11) is 0. The van der Waals surface area contributed by atoms with Gasteiger partial charge < -0.3 is 10.3 Å². The zero-order valence-corrected chi connectivity index (χ0v) is 10.2. The number of nitrogens with two attached hydrogens (primary N) is 1. The minimum Gasteiger partial charge on any atom is -0.338 e. The molecule has 1 saturated heterocycles. The molecule has 1 aromatic rings. The summed E-state index contributed by atoms with van der Waals surface area (Å²) in [6, 6.07) is 3.49. The van der Waals surface area contributed by atoms with Crippen molar-refractivity contribution in [3.63, 3.8) is 0 Å². The van der Waals surface area contributed by atoms with Crippen molar-refractivity contribution in [1.82, 2.24) is 9.88 Å². The lowest BCUT2D eigenvalue weighted by Gasteiger charge is -2.16. The highest BCUT2D eigenvalue weighted by Gasteiger charge is 2.24. The molecule has 1 unspecified atom stereocenters. The van der Waals surface area contributed by atoms with Crippen molar-refractivity contribution in [2.75, 3.05) is 18.5 Å². The van der Waals surface area contributed by atoms with Crippen LogP contribution >= 0.6 is 0 Å². The molecule has 1 amide bonds. The van der Waals surface area contributed by atoms with Gasteiger partial charge in [-0.2, -0.15) is 0 Å². The molecule has 5 nitrogen and oxygen atoms in total. The number of anilines is 1. The van der Waals surface area contributed by atoms with Gasteiger partial charge in [-0.15, -0.1) is 0 Å². The van der Waals surface area contributed by atoms with E-state index in [1.54, 1.807) is 12.1 Å². The van der Waals surface area contributed by atoms with Gasteiger partial charge in [-0.3, -0.25) is 4.79 Å². The third-order valence-corrected chi connectivity index (χ3v) is 3.06. The van der Waals surface area contributed by atoms with Gasteiger partial charge in [-0.05, 0) is 31.4 Å². The van der Waals surface area contributed by atoms with Crippen LogP contribution in [0.2, 0.25) is 0 Å². The van der Waals surface area contributed by atoms with Crippen LogP contribution < -0.4 is 11.3 Å². The Balaban J connectivity index is 2.21. The maximum absolute atomic E-state index is 12.2. The second kappa shape index (κ2) is 4.71. The van der Waals surface area contributed by atoms with Gasteiger partial charge in [-0.25, -0.2) is 10.8 Å². The lowest BCUT2D eigenvalue weighted by Crippen LogP contribution is -2.28. The largest absolute Gasteiger partial charge is 0.338 e. The number of likely N-dealkylation sites (tertiary alicyclic amines) is 1. The average molecular weight is 234 g/mol. The summed E-state index contributed by atoms with van der Waals surface area (Å²) in [6.07, 6.45) is 1.08. The van der Waals surface area contributed by atoms with Gasteiger partial charge in [0.25, 0.3) is 5.91 Å². The first kappa shape index (κ1) is 11.9. The summed E-state index contributed by atoms with van der Waals surface area (Å²) in [5, 5.41) is 0. The van der Waals surface area contributed by atoms with Gasteiger partial charge >= 0.3 is 0 Å². The van der Waals surface area contributed by atoms with Crippen molar-refractivity contribution in [3.8, 4) is 0 Å². The van der Waals surface area contributed by atoms with E-state index in [0.717, 1.165) is 25.2 Å². The standard InChI is InChI=1S/C12H18N4O/c1-8-3-4-16(7-8)12(17)10-5-9(2)14-11(6-10)15-13/h5-6,8H,3-4,7,13H2,1-2H3,(H,14,15). The number of nitrogens with zero attached hydrogens (tertiary/aromatic N) is 2. The Morgan fingerprint density at radius 3 is 2.94 bits per heavy atom. The number of nitrogens with one attached hydrogen (secondary N) is 1. The molecule has 17 heavy (non-hydrogen) atoms. The van der Waals surface area contributed by atoms with Crippen LogP contribution in [0.3, 0.4) is 0 Å². The molecule has 92 valence electrons. The van der Waals surface area contributed by atoms with Crippen LogP contribution in [0.1, 0.15) is 29.4 Å². The predicted octanol–water partition coefficient (Wildman–Crippen LogP) is 1.16. The fourth-order valence-electron chi connectivity index (χ4n) is 2.17. The first-order valence-corrected chi connectivity index (χ1v) is 5.84. The summed E-state index contributed by atoms with van der Waals surface area (Å²) >= 11 is 0. The molecule has 1 fully saturated rings. The number of aryl methyl sites for hydroxylation is 1. The summed E-state index contributed by atoms with van der Waals surface area (Å²) in [5.74, 6) is 6.51. The number of carbonyl (C=O) groups is 1. The lowest BCUT2D eigenvalue weighted by atomic mass is 10.2. The molecule has 0 aliphatic carbocycles. The number of pyridine rings is 1. The Labute approximate surface area is 101 Å². The van der Waals surface area contributed by atoms with E-state index in [2.05, 4.69) is 17.3 Å². The number of hydrazine groups is 1. The van der Waals surface area contributed by atoms with Gasteiger partial charge in [0.1, 0.15) is 5.82 Å². The van der Waals surface area contributed by atoms with Crippen molar-refractivity contribution in [2.24, 2.45) is 11.8 Å². The second-order valence-electron chi connectivity index (χ2n) is 4.67. The van der Waals surface area contributed by atoms with E-state index in [1.165, 1.54) is 0 Å². The number of aromatic nitrogens is 1. The third-order valence-electron chi connectivity index (χ3n) is 3.06. The number of nitrogen functional groups attached to an aromatic ring is 1. The van der Waals surface area contributed by atoms with Crippen LogP contribution in [0.15, 0.2) is 12.1 Å². The fourth-order valence-corrected chi connectivity index (χ4v) is 2.17. The average Bonchev–Trinajstić information content (AvgIpc) is 2.74. The highest BCUT2D eigenvalue weighted by Crippen LogP contribution is 2.19. The van der Waals surface area contributed by atoms with Gasteiger partial charge in [-0.1, -0.05) is 6.92 Å². The fraction of sp³-hybridized carbons (Fsp3) is 0.500. The number of carbonyl (C=O) groups excluding carboxylic acids is 1. The predicted molar refractivity (Wildman–Crippen MR) is 66.5 cm³/mol. The lowest BCUT2D eigenvalue weighted by molar-refractivity contribution is 0.0788. The van der Waals surface area contributed by atoms with E-state index >= 15 is 0 Å². The monoisotopic (exact) mass is 234 g/mol. The Hall–Kier alpha value is -1.62. The van der Waals surface area contributed by atoms with E-state index < -0.39 is 0 Å². The SMILES string of the molecule is Cc1cc(C(=O)N2CCC(C)C2)cc(NN)n1. The molecule has 1 aliphatic rings. The third kappa shape index (κ3) is 2.55. The number of hydrogen-bond donors (Lipinski definition) is 2. The van der Waals surface area contributed by atoms with Crippen molar-refractivity contribution in [2.45, 2.75) is 20.3 Å². The quantitative estimate of drug-likeness (QED) is 0.595. The minimum absolute atomic E-state index is 0.0661. The molecule has 1 aliphatic heterocycles. The molecule has 0 aromatic carbocycles. The Morgan fingerprint density at radius 1 is 1.59 bits per heavy atom. The number of rotatable bonds is 2. The van der Waals surface area contributed by atoms with Crippen LogP contribution in [0.4, 0.5) is 5.82 Å². The first-order valence-electron chi connectivity index (χ1n) is 5.84. The van der Waals surface area contributed by atoms with Crippen molar-refractivity contribution in [1.29, 1.82) is 0 Å². The Morgan fingerprint density at radius 2 is 2.35 bits per heavy atom. The zero-order valence-electron chi connectivity index (χ0n) is 10.2. The molecule has 3 N–H and O–H groups in total. The summed E-state index contributed by atoms with van der Waals surface area (Å²) in [6.45, 7) is 5.69. The molecule has 1 aromatic heterocycles. The van der Waals surface area contributed by atoms with E-state index in [0.29, 0.717) is 17.3 Å². The maximum Gasteiger partial charge on any atom is 0.254 e. The summed E-state index contributed by atoms with van der Waals surface area (Å²) in [4.78, 5) is 18.3. The molecule has 2 heterocycles. The van der Waals surface area contributed by atoms with Crippen LogP contribution in [-0.4, -0.2) is 28.9 Å². The highest BCUT2D eigenvalue weighted by molar-refractivity contribution is 5.95. The molecular weight excluding hydrogens is 216 g/mol. The molecule has 0 spiro atoms. The van der Waals surface area contributed by atoms with E-state index in [1.807, 2.05) is 11.8 Å². The number of amides is 1. The van der Waals surface area contributed by atoms with Crippen LogP contribution in [-0.2, 0) is 0 Å². The molecule has 1 atom stereocenters. The smallest absolute Gasteiger partial charge is 0.254 e. The molecule has 2 rings (SSSR count). The molecule has 0 radical (unpaired) electrons. The van der Waals surface area contributed by atoms with E-state index in [9.17, 15) is 4.79 Å². The van der Waals surface area contributed by atoms with Crippen LogP contribution in [0, 0.1) is 12.8 Å². The van der Waals surface area contributed by atoms with Crippen molar-refractivity contribution in [3.05, 3.63) is 23.4 Å². The van der Waals surface area contributed by atoms with Gasteiger partial charge in [0, 0.05) is 24.3 Å². The second-order valence-corrected chi connectivity index (χ2v) is 4.67. The first-order chi connectivity index (χ1) is 8.10. The van der Waals surface area contributed by atoms with E-state index in [-0.39, 0.29) is 5.91 Å². The van der Waals surface area contributed by atoms with Gasteiger partial charge in [0.15, 0.2) is 0 Å². The Bertz CT molecular complexity index is 433. The highest BCUT2D eigenvalue weighted by atomic mass is 16.2. The topological polar surface area (TPSA) is 71.2 Å². The minimum atomic E-state index is 0.0661. The van der Waals surface area contributed by atoms with Crippen molar-refractivity contribution < 1.29 is 4.79 Å². The van der Waals surface area contributed by atoms with Crippen LogP contribution in [0.5, 0.6) is 0 Å². The zero-order chi connectivity index (χ0) is 12.4. The van der Waals surface area contributed by atoms with E-state index in [4.69, 9.17) is 5.84 Å². The molecule has 0 bridgehead atoms. The normalized spacial score (nSPS) is 19.5. The van der Waals surface area contributed by atoms with Crippen molar-refractivity contribution >= 4 is 11.7 Å². The van der Waals surface area contributed by atoms with Crippen LogP contribution in [0.25, 0.3) is 0 Å². The summed E-state index contributed by atoms with van der Waals surface area (Å²) in [5.41, 5.74) is 3.92. The molecule has 5 heteroatoms. The van der Waals surface area contributed by atoms with Gasteiger partial charge in [0.2, 0.25) is 0 Å².